The molecule has 4 nitrogen and oxygen atoms in total. The standard InChI is InChI=1S/C15H15NO3S/c1-3-19-15(20)16(2)13-11-7-5-4-6-10(11)8-9-12(13)14(17)18/h4-9H,3H2,1-2H3,(H,17,18). The predicted octanol–water partition coefficient (Wildman–Crippen LogP) is 3.30. The summed E-state index contributed by atoms with van der Waals surface area (Å²) < 4.78 is 5.31. The van der Waals surface area contributed by atoms with Crippen LogP contribution in [0.2, 0.25) is 0 Å². The second-order valence-electron chi connectivity index (χ2n) is 4.25. The molecule has 104 valence electrons. The maximum Gasteiger partial charge on any atom is 0.337 e. The fraction of sp³-hybridized carbons (Fsp3) is 0.200. The summed E-state index contributed by atoms with van der Waals surface area (Å²) in [4.78, 5) is 13.0. The SMILES string of the molecule is CCOC(=S)N(C)c1c(C(=O)O)ccc2ccccc12. The summed E-state index contributed by atoms with van der Waals surface area (Å²) in [6, 6.07) is 11.0. The number of hydrogen-bond donors (Lipinski definition) is 1. The van der Waals surface area contributed by atoms with Gasteiger partial charge < -0.3 is 14.7 Å². The first kappa shape index (κ1) is 14.3. The van der Waals surface area contributed by atoms with E-state index >= 15 is 0 Å². The summed E-state index contributed by atoms with van der Waals surface area (Å²) >= 11 is 5.18. The van der Waals surface area contributed by atoms with Gasteiger partial charge in [-0.25, -0.2) is 4.79 Å². The monoisotopic (exact) mass is 289 g/mol. The Labute approximate surface area is 122 Å². The van der Waals surface area contributed by atoms with Crippen LogP contribution >= 0.6 is 12.2 Å². The minimum absolute atomic E-state index is 0.202. The maximum atomic E-state index is 11.4. The zero-order chi connectivity index (χ0) is 14.7. The Kier molecular flexibility index (Phi) is 4.20. The van der Waals surface area contributed by atoms with E-state index in [0.29, 0.717) is 12.3 Å². The largest absolute Gasteiger partial charge is 0.478 e. The lowest BCUT2D eigenvalue weighted by Crippen LogP contribution is -2.28. The molecule has 0 heterocycles. The number of carboxylic acid groups (broad SMARTS) is 1. The molecule has 20 heavy (non-hydrogen) atoms. The molecule has 0 aliphatic heterocycles. The molecule has 0 saturated carbocycles. The number of anilines is 1. The van der Waals surface area contributed by atoms with Gasteiger partial charge in [-0.2, -0.15) is 0 Å². The molecule has 0 aliphatic carbocycles. The Morgan fingerprint density at radius 3 is 2.65 bits per heavy atom. The molecule has 1 N–H and O–H groups in total. The fourth-order valence-electron chi connectivity index (χ4n) is 2.10. The highest BCUT2D eigenvalue weighted by Crippen LogP contribution is 2.30. The molecule has 2 rings (SSSR count). The van der Waals surface area contributed by atoms with E-state index in [1.807, 2.05) is 31.2 Å². The van der Waals surface area contributed by atoms with Crippen molar-refractivity contribution in [3.63, 3.8) is 0 Å². The number of carbonyl (C=O) groups is 1. The van der Waals surface area contributed by atoms with Crippen molar-refractivity contribution in [2.75, 3.05) is 18.6 Å². The van der Waals surface area contributed by atoms with Crippen LogP contribution in [0.3, 0.4) is 0 Å². The summed E-state index contributed by atoms with van der Waals surface area (Å²) in [5, 5.41) is 11.4. The summed E-state index contributed by atoms with van der Waals surface area (Å²) in [6.45, 7) is 2.28. The van der Waals surface area contributed by atoms with Crippen LogP contribution in [-0.4, -0.2) is 29.9 Å². The lowest BCUT2D eigenvalue weighted by molar-refractivity contribution is 0.0698. The molecule has 0 spiro atoms. The third kappa shape index (κ3) is 2.58. The molecular weight excluding hydrogens is 274 g/mol. The Hall–Kier alpha value is -2.14. The third-order valence-electron chi connectivity index (χ3n) is 3.01. The number of rotatable bonds is 3. The van der Waals surface area contributed by atoms with E-state index in [4.69, 9.17) is 17.0 Å². The van der Waals surface area contributed by atoms with Gasteiger partial charge in [0.05, 0.1) is 17.9 Å². The van der Waals surface area contributed by atoms with Crippen LogP contribution in [0.25, 0.3) is 10.8 Å². The molecule has 5 heteroatoms. The molecule has 0 saturated heterocycles. The van der Waals surface area contributed by atoms with Crippen molar-refractivity contribution in [1.82, 2.24) is 0 Å². The maximum absolute atomic E-state index is 11.4. The van der Waals surface area contributed by atoms with Gasteiger partial charge in [-0.3, -0.25) is 0 Å². The second-order valence-corrected chi connectivity index (χ2v) is 4.60. The number of nitrogens with zero attached hydrogens (tertiary/aromatic N) is 1. The fourth-order valence-corrected chi connectivity index (χ4v) is 2.31. The van der Waals surface area contributed by atoms with Crippen molar-refractivity contribution in [2.45, 2.75) is 6.92 Å². The van der Waals surface area contributed by atoms with Crippen molar-refractivity contribution in [3.05, 3.63) is 42.0 Å². The van der Waals surface area contributed by atoms with Gasteiger partial charge in [-0.1, -0.05) is 30.3 Å². The van der Waals surface area contributed by atoms with Crippen LogP contribution in [0.5, 0.6) is 0 Å². The van der Waals surface area contributed by atoms with Crippen LogP contribution in [0, 0.1) is 0 Å². The van der Waals surface area contributed by atoms with Gasteiger partial charge in [0.15, 0.2) is 0 Å². The minimum Gasteiger partial charge on any atom is -0.478 e. The van der Waals surface area contributed by atoms with Crippen molar-refractivity contribution in [1.29, 1.82) is 0 Å². The van der Waals surface area contributed by atoms with Crippen LogP contribution in [0.1, 0.15) is 17.3 Å². The Bertz CT molecular complexity index is 669. The summed E-state index contributed by atoms with van der Waals surface area (Å²) in [7, 11) is 1.71. The first-order valence-corrected chi connectivity index (χ1v) is 6.62. The van der Waals surface area contributed by atoms with E-state index in [0.717, 1.165) is 10.8 Å². The zero-order valence-corrected chi connectivity index (χ0v) is 12.1. The number of ether oxygens (including phenoxy) is 1. The Morgan fingerprint density at radius 1 is 1.30 bits per heavy atom. The number of aromatic carboxylic acids is 1. The number of carboxylic acids is 1. The first-order chi connectivity index (χ1) is 9.56. The molecule has 0 amide bonds. The van der Waals surface area contributed by atoms with Crippen molar-refractivity contribution in [3.8, 4) is 0 Å². The molecule has 0 aromatic heterocycles. The van der Waals surface area contributed by atoms with Gasteiger partial charge in [-0.15, -0.1) is 0 Å². The summed E-state index contributed by atoms with van der Waals surface area (Å²) in [5.41, 5.74) is 0.752. The molecule has 0 fully saturated rings. The molecule has 2 aromatic carbocycles. The molecule has 2 aromatic rings. The van der Waals surface area contributed by atoms with Gasteiger partial charge in [0.1, 0.15) is 0 Å². The molecular formula is C15H15NO3S. The third-order valence-corrected chi connectivity index (χ3v) is 3.40. The van der Waals surface area contributed by atoms with E-state index in [-0.39, 0.29) is 10.7 Å². The number of hydrogen-bond acceptors (Lipinski definition) is 3. The van der Waals surface area contributed by atoms with Gasteiger partial charge in [0.25, 0.3) is 5.17 Å². The van der Waals surface area contributed by atoms with E-state index in [1.165, 1.54) is 0 Å². The molecule has 0 atom stereocenters. The van der Waals surface area contributed by atoms with Gasteiger partial charge in [0.2, 0.25) is 0 Å². The van der Waals surface area contributed by atoms with Gasteiger partial charge in [-0.05, 0) is 30.6 Å². The normalized spacial score (nSPS) is 10.3. The molecule has 0 radical (unpaired) electrons. The summed E-state index contributed by atoms with van der Waals surface area (Å²) in [5.74, 6) is -0.989. The minimum atomic E-state index is -0.989. The summed E-state index contributed by atoms with van der Waals surface area (Å²) in [6.07, 6.45) is 0. The van der Waals surface area contributed by atoms with Gasteiger partial charge in [0, 0.05) is 12.4 Å². The second kappa shape index (κ2) is 5.88. The number of benzene rings is 2. The van der Waals surface area contributed by atoms with Crippen molar-refractivity contribution in [2.24, 2.45) is 0 Å². The quantitative estimate of drug-likeness (QED) is 0.879. The zero-order valence-electron chi connectivity index (χ0n) is 11.3. The first-order valence-electron chi connectivity index (χ1n) is 6.21. The average Bonchev–Trinajstić information content (AvgIpc) is 2.45. The van der Waals surface area contributed by atoms with Crippen LogP contribution in [0.15, 0.2) is 36.4 Å². The van der Waals surface area contributed by atoms with Crippen LogP contribution in [0.4, 0.5) is 5.69 Å². The van der Waals surface area contributed by atoms with E-state index in [2.05, 4.69) is 0 Å². The highest BCUT2D eigenvalue weighted by atomic mass is 32.1. The average molecular weight is 289 g/mol. The Morgan fingerprint density at radius 2 is 2.00 bits per heavy atom. The lowest BCUT2D eigenvalue weighted by atomic mass is 10.0. The lowest BCUT2D eigenvalue weighted by Gasteiger charge is -2.23. The van der Waals surface area contributed by atoms with E-state index in [9.17, 15) is 9.90 Å². The van der Waals surface area contributed by atoms with Crippen LogP contribution in [-0.2, 0) is 4.74 Å². The molecule has 0 aliphatic rings. The predicted molar refractivity (Wildman–Crippen MR) is 83.5 cm³/mol. The highest BCUT2D eigenvalue weighted by molar-refractivity contribution is 7.80. The number of thiocarbonyl (C=S) groups is 1. The number of fused-ring (bicyclic) bond motifs is 1. The van der Waals surface area contributed by atoms with Gasteiger partial charge >= 0.3 is 5.97 Å². The van der Waals surface area contributed by atoms with E-state index in [1.54, 1.807) is 24.1 Å². The van der Waals surface area contributed by atoms with Crippen molar-refractivity contribution < 1.29 is 14.6 Å². The van der Waals surface area contributed by atoms with Crippen molar-refractivity contribution >= 4 is 39.8 Å². The van der Waals surface area contributed by atoms with Crippen LogP contribution < -0.4 is 4.90 Å². The smallest absolute Gasteiger partial charge is 0.337 e. The van der Waals surface area contributed by atoms with E-state index < -0.39 is 5.97 Å². The highest BCUT2D eigenvalue weighted by Gasteiger charge is 2.19. The molecule has 0 unspecified atom stereocenters. The molecule has 0 bridgehead atoms. The Balaban J connectivity index is 2.66. The topological polar surface area (TPSA) is 49.8 Å².